The summed E-state index contributed by atoms with van der Waals surface area (Å²) in [5.74, 6) is 0.972. The molecule has 0 saturated heterocycles. The number of guanidine groups is 1. The lowest BCUT2D eigenvalue weighted by Gasteiger charge is -2.17. The SMILES string of the molecule is COc1cc(C)c(CN/C(=N\C#N)Nc2ccc(-n3cnc(C)c3)c(F)c2)cc1C(C)C. The molecule has 0 aliphatic rings. The van der Waals surface area contributed by atoms with Crippen LogP contribution in [-0.4, -0.2) is 22.6 Å². The van der Waals surface area contributed by atoms with E-state index in [1.165, 1.54) is 6.07 Å². The van der Waals surface area contributed by atoms with E-state index in [4.69, 9.17) is 10.00 Å². The Morgan fingerprint density at radius 1 is 1.28 bits per heavy atom. The molecule has 2 aromatic carbocycles. The number of methoxy groups -OCH3 is 1. The number of aryl methyl sites for hydroxylation is 2. The third-order valence-electron chi connectivity index (χ3n) is 5.12. The first-order valence-corrected chi connectivity index (χ1v) is 10.3. The number of hydrogen-bond acceptors (Lipinski definition) is 4. The molecule has 0 spiro atoms. The molecule has 0 fully saturated rings. The minimum atomic E-state index is -0.420. The van der Waals surface area contributed by atoms with Crippen LogP contribution in [0.15, 0.2) is 47.8 Å². The first kappa shape index (κ1) is 22.8. The highest BCUT2D eigenvalue weighted by Gasteiger charge is 2.12. The zero-order chi connectivity index (χ0) is 23.3. The van der Waals surface area contributed by atoms with Gasteiger partial charge in [-0.05, 0) is 66.8 Å². The minimum absolute atomic E-state index is 0.236. The van der Waals surface area contributed by atoms with Crippen LogP contribution < -0.4 is 15.4 Å². The number of halogens is 1. The van der Waals surface area contributed by atoms with Crippen LogP contribution in [0.1, 0.15) is 42.1 Å². The normalized spacial score (nSPS) is 11.4. The van der Waals surface area contributed by atoms with Crippen molar-refractivity contribution < 1.29 is 9.13 Å². The Kier molecular flexibility index (Phi) is 7.11. The molecule has 0 aliphatic carbocycles. The number of nitriles is 1. The van der Waals surface area contributed by atoms with Gasteiger partial charge in [0.15, 0.2) is 0 Å². The number of aliphatic imine (C=N–C) groups is 1. The molecule has 0 aliphatic heterocycles. The molecule has 3 aromatic rings. The van der Waals surface area contributed by atoms with Gasteiger partial charge in [0.25, 0.3) is 0 Å². The number of imidazole rings is 1. The third kappa shape index (κ3) is 5.24. The molecule has 0 atom stereocenters. The smallest absolute Gasteiger partial charge is 0.212 e. The number of nitrogens with zero attached hydrogens (tertiary/aromatic N) is 4. The minimum Gasteiger partial charge on any atom is -0.496 e. The van der Waals surface area contributed by atoms with Gasteiger partial charge in [0.2, 0.25) is 12.2 Å². The van der Waals surface area contributed by atoms with Gasteiger partial charge in [0, 0.05) is 18.4 Å². The van der Waals surface area contributed by atoms with Crippen LogP contribution in [0.25, 0.3) is 5.69 Å². The van der Waals surface area contributed by atoms with E-state index in [0.717, 1.165) is 28.1 Å². The van der Waals surface area contributed by atoms with E-state index in [-0.39, 0.29) is 5.96 Å². The average molecular weight is 435 g/mol. The fraction of sp³-hybridized carbons (Fsp3) is 0.292. The van der Waals surface area contributed by atoms with Crippen molar-refractivity contribution in [2.45, 2.75) is 40.2 Å². The highest BCUT2D eigenvalue weighted by Crippen LogP contribution is 2.29. The van der Waals surface area contributed by atoms with Crippen molar-refractivity contribution in [1.82, 2.24) is 14.9 Å². The molecule has 7 nitrogen and oxygen atoms in total. The van der Waals surface area contributed by atoms with Gasteiger partial charge in [-0.25, -0.2) is 9.37 Å². The number of hydrogen-bond donors (Lipinski definition) is 2. The van der Waals surface area contributed by atoms with E-state index in [1.807, 2.05) is 19.9 Å². The molecule has 1 aromatic heterocycles. The van der Waals surface area contributed by atoms with Crippen molar-refractivity contribution in [3.8, 4) is 17.6 Å². The lowest BCUT2D eigenvalue weighted by Crippen LogP contribution is -2.30. The maximum absolute atomic E-state index is 14.7. The highest BCUT2D eigenvalue weighted by molar-refractivity contribution is 5.94. The van der Waals surface area contributed by atoms with Gasteiger partial charge in [-0.2, -0.15) is 5.26 Å². The van der Waals surface area contributed by atoms with Crippen LogP contribution in [0.3, 0.4) is 0 Å². The molecule has 1 heterocycles. The Hall–Kier alpha value is -3.86. The summed E-state index contributed by atoms with van der Waals surface area (Å²) in [7, 11) is 1.67. The zero-order valence-electron chi connectivity index (χ0n) is 18.9. The molecule has 0 radical (unpaired) electrons. The Labute approximate surface area is 187 Å². The fourth-order valence-electron chi connectivity index (χ4n) is 3.39. The van der Waals surface area contributed by atoms with Crippen molar-refractivity contribution in [3.05, 3.63) is 71.1 Å². The lowest BCUT2D eigenvalue weighted by molar-refractivity contribution is 0.407. The number of rotatable bonds is 6. The van der Waals surface area contributed by atoms with E-state index < -0.39 is 5.82 Å². The third-order valence-corrected chi connectivity index (χ3v) is 5.12. The number of ether oxygens (including phenoxy) is 1. The molecular weight excluding hydrogens is 407 g/mol. The maximum Gasteiger partial charge on any atom is 0.212 e. The summed E-state index contributed by atoms with van der Waals surface area (Å²) in [5, 5.41) is 15.2. The lowest BCUT2D eigenvalue weighted by atomic mass is 9.96. The summed E-state index contributed by atoms with van der Waals surface area (Å²) in [4.78, 5) is 7.93. The number of anilines is 1. The van der Waals surface area contributed by atoms with E-state index in [1.54, 1.807) is 42.5 Å². The second-order valence-electron chi connectivity index (χ2n) is 7.80. The molecule has 32 heavy (non-hydrogen) atoms. The molecule has 0 bridgehead atoms. The highest BCUT2D eigenvalue weighted by atomic mass is 19.1. The van der Waals surface area contributed by atoms with Gasteiger partial charge in [0.05, 0.1) is 24.8 Å². The monoisotopic (exact) mass is 434 g/mol. The van der Waals surface area contributed by atoms with Crippen molar-refractivity contribution in [1.29, 1.82) is 5.26 Å². The Morgan fingerprint density at radius 3 is 2.66 bits per heavy atom. The van der Waals surface area contributed by atoms with Gasteiger partial charge in [-0.3, -0.25) is 0 Å². The molecular formula is C24H27FN6O. The van der Waals surface area contributed by atoms with E-state index in [9.17, 15) is 4.39 Å². The quantitative estimate of drug-likeness (QED) is 0.331. The predicted octanol–water partition coefficient (Wildman–Crippen LogP) is 4.80. The molecule has 0 saturated carbocycles. The summed E-state index contributed by atoms with van der Waals surface area (Å²) in [5.41, 5.74) is 4.87. The number of aromatic nitrogens is 2. The Balaban J connectivity index is 1.76. The molecule has 166 valence electrons. The van der Waals surface area contributed by atoms with Crippen molar-refractivity contribution in [3.63, 3.8) is 0 Å². The van der Waals surface area contributed by atoms with Crippen molar-refractivity contribution in [2.75, 3.05) is 12.4 Å². The predicted molar refractivity (Wildman–Crippen MR) is 124 cm³/mol. The largest absolute Gasteiger partial charge is 0.496 e. The van der Waals surface area contributed by atoms with Crippen LogP contribution in [0.4, 0.5) is 10.1 Å². The molecule has 8 heteroatoms. The van der Waals surface area contributed by atoms with Crippen LogP contribution in [0.5, 0.6) is 5.75 Å². The summed E-state index contributed by atoms with van der Waals surface area (Å²) >= 11 is 0. The molecule has 3 rings (SSSR count). The molecule has 0 amide bonds. The van der Waals surface area contributed by atoms with Crippen LogP contribution >= 0.6 is 0 Å². The molecule has 2 N–H and O–H groups in total. The first-order valence-electron chi connectivity index (χ1n) is 10.3. The average Bonchev–Trinajstić information content (AvgIpc) is 3.18. The van der Waals surface area contributed by atoms with Crippen molar-refractivity contribution in [2.24, 2.45) is 4.99 Å². The van der Waals surface area contributed by atoms with E-state index >= 15 is 0 Å². The summed E-state index contributed by atoms with van der Waals surface area (Å²) in [6.45, 7) is 8.51. The second kappa shape index (κ2) is 9.96. The maximum atomic E-state index is 14.7. The van der Waals surface area contributed by atoms with Gasteiger partial charge in [-0.1, -0.05) is 13.8 Å². The Bertz CT molecular complexity index is 1180. The first-order chi connectivity index (χ1) is 15.3. The second-order valence-corrected chi connectivity index (χ2v) is 7.80. The zero-order valence-corrected chi connectivity index (χ0v) is 18.9. The standard InChI is InChI=1S/C24H27FN6O/c1-15(2)20-9-18(16(3)8-23(20)32-5)11-27-24(28-13-26)30-19-6-7-22(21(25)10-19)31-12-17(4)29-14-31/h6-10,12,14-15H,11H2,1-5H3,(H2,27,28,30). The van der Waals surface area contributed by atoms with E-state index in [0.29, 0.717) is 23.8 Å². The summed E-state index contributed by atoms with van der Waals surface area (Å²) < 4.78 is 21.8. The van der Waals surface area contributed by atoms with Gasteiger partial charge in [-0.15, -0.1) is 4.99 Å². The summed E-state index contributed by atoms with van der Waals surface area (Å²) in [6, 6.07) is 8.82. The summed E-state index contributed by atoms with van der Waals surface area (Å²) in [6.07, 6.45) is 5.09. The van der Waals surface area contributed by atoms with Crippen molar-refractivity contribution >= 4 is 11.6 Å². The van der Waals surface area contributed by atoms with Crippen LogP contribution in [-0.2, 0) is 6.54 Å². The molecule has 0 unspecified atom stereocenters. The van der Waals surface area contributed by atoms with Gasteiger partial charge >= 0.3 is 0 Å². The van der Waals surface area contributed by atoms with Crippen LogP contribution in [0, 0.1) is 31.1 Å². The van der Waals surface area contributed by atoms with Gasteiger partial charge in [0.1, 0.15) is 11.6 Å². The fourth-order valence-corrected chi connectivity index (χ4v) is 3.39. The van der Waals surface area contributed by atoms with Gasteiger partial charge < -0.3 is 19.9 Å². The van der Waals surface area contributed by atoms with E-state index in [2.05, 4.69) is 40.5 Å². The number of nitrogens with one attached hydrogen (secondary N) is 2. The number of benzene rings is 2. The topological polar surface area (TPSA) is 87.3 Å². The van der Waals surface area contributed by atoms with Crippen LogP contribution in [0.2, 0.25) is 0 Å². The Morgan fingerprint density at radius 2 is 2.06 bits per heavy atom.